The molecule has 2 bridgehead atoms. The van der Waals surface area contributed by atoms with Crippen LogP contribution in [0.3, 0.4) is 0 Å². The topological polar surface area (TPSA) is 61.2 Å². The van der Waals surface area contributed by atoms with Crippen molar-refractivity contribution in [1.29, 1.82) is 5.26 Å². The standard InChI is InChI=1S/C18H22N2O2S/c1-17(2)15-6-7-18(17)12-23(21,22)20(16(18)9-15)11-14-5-3-4-13(8-14)10-19/h3-5,8,15-16H,6-7,9,11-12H2,1-2H3/t15-,16-,18-/m1/s1. The Morgan fingerprint density at radius 2 is 2.17 bits per heavy atom. The molecular formula is C18H22N2O2S. The molecule has 1 heterocycles. The average molecular weight is 330 g/mol. The summed E-state index contributed by atoms with van der Waals surface area (Å²) in [4.78, 5) is 0. The Morgan fingerprint density at radius 3 is 2.87 bits per heavy atom. The average Bonchev–Trinajstić information content (AvgIpc) is 2.97. The maximum Gasteiger partial charge on any atom is 0.215 e. The monoisotopic (exact) mass is 330 g/mol. The Hall–Kier alpha value is -1.38. The van der Waals surface area contributed by atoms with Crippen molar-refractivity contribution in [3.05, 3.63) is 35.4 Å². The number of hydrogen-bond donors (Lipinski definition) is 0. The molecule has 0 unspecified atom stereocenters. The molecule has 1 aliphatic heterocycles. The Kier molecular flexibility index (Phi) is 3.02. The third-order valence-corrected chi connectivity index (χ3v) is 8.91. The van der Waals surface area contributed by atoms with Gasteiger partial charge in [0.1, 0.15) is 0 Å². The molecule has 1 aromatic rings. The van der Waals surface area contributed by atoms with Gasteiger partial charge in [0.2, 0.25) is 10.0 Å². The zero-order chi connectivity index (χ0) is 16.5. The fourth-order valence-corrected chi connectivity index (χ4v) is 8.05. The second-order valence-corrected chi connectivity index (χ2v) is 9.90. The largest absolute Gasteiger partial charge is 0.215 e. The Bertz CT molecular complexity index is 809. The van der Waals surface area contributed by atoms with Crippen molar-refractivity contribution in [2.45, 2.75) is 45.7 Å². The van der Waals surface area contributed by atoms with E-state index in [1.807, 2.05) is 12.1 Å². The molecule has 4 nitrogen and oxygen atoms in total. The highest BCUT2D eigenvalue weighted by Crippen LogP contribution is 2.70. The van der Waals surface area contributed by atoms with Gasteiger partial charge >= 0.3 is 0 Å². The lowest BCUT2D eigenvalue weighted by Crippen LogP contribution is -2.41. The van der Waals surface area contributed by atoms with E-state index >= 15 is 0 Å². The molecule has 1 aromatic carbocycles. The SMILES string of the molecule is CC1(C)[C@@H]2CC[C@]13CS(=O)(=O)N(Cc1cccc(C#N)c1)[C@@H]3C2. The molecule has 5 heteroatoms. The number of rotatable bonds is 2. The summed E-state index contributed by atoms with van der Waals surface area (Å²) in [6, 6.07) is 9.57. The normalized spacial score (nSPS) is 36.7. The first-order valence-electron chi connectivity index (χ1n) is 8.29. The van der Waals surface area contributed by atoms with E-state index in [1.54, 1.807) is 16.4 Å². The maximum absolute atomic E-state index is 12.9. The molecule has 4 rings (SSSR count). The summed E-state index contributed by atoms with van der Waals surface area (Å²) in [5, 5.41) is 9.05. The summed E-state index contributed by atoms with van der Waals surface area (Å²) < 4.78 is 27.5. The Morgan fingerprint density at radius 1 is 1.39 bits per heavy atom. The number of sulfonamides is 1. The van der Waals surface area contributed by atoms with Crippen molar-refractivity contribution in [3.8, 4) is 6.07 Å². The van der Waals surface area contributed by atoms with E-state index in [0.29, 0.717) is 23.8 Å². The fraction of sp³-hybridized carbons (Fsp3) is 0.611. The van der Waals surface area contributed by atoms with Gasteiger partial charge in [0.05, 0.1) is 17.4 Å². The van der Waals surface area contributed by atoms with Crippen molar-refractivity contribution in [3.63, 3.8) is 0 Å². The van der Waals surface area contributed by atoms with Gasteiger partial charge in [-0.2, -0.15) is 9.57 Å². The fourth-order valence-electron chi connectivity index (χ4n) is 5.50. The molecule has 122 valence electrons. The van der Waals surface area contributed by atoms with Crippen LogP contribution in [0.2, 0.25) is 0 Å². The molecular weight excluding hydrogens is 308 g/mol. The van der Waals surface area contributed by atoms with Crippen LogP contribution in [0.25, 0.3) is 0 Å². The van der Waals surface area contributed by atoms with Crippen molar-refractivity contribution < 1.29 is 8.42 Å². The summed E-state index contributed by atoms with van der Waals surface area (Å²) >= 11 is 0. The zero-order valence-corrected chi connectivity index (χ0v) is 14.4. The lowest BCUT2D eigenvalue weighted by atomic mass is 9.69. The van der Waals surface area contributed by atoms with Crippen molar-refractivity contribution >= 4 is 10.0 Å². The summed E-state index contributed by atoms with van der Waals surface area (Å²) in [5.41, 5.74) is 1.52. The van der Waals surface area contributed by atoms with Gasteiger partial charge in [-0.1, -0.05) is 26.0 Å². The van der Waals surface area contributed by atoms with Crippen molar-refractivity contribution in [2.75, 3.05) is 5.75 Å². The van der Waals surface area contributed by atoms with Gasteiger partial charge in [0, 0.05) is 18.0 Å². The van der Waals surface area contributed by atoms with Crippen LogP contribution in [-0.4, -0.2) is 24.5 Å². The van der Waals surface area contributed by atoms with Crippen LogP contribution in [0.4, 0.5) is 0 Å². The predicted octanol–water partition coefficient (Wildman–Crippen LogP) is 2.90. The second kappa shape index (κ2) is 4.58. The first-order chi connectivity index (χ1) is 10.8. The lowest BCUT2D eigenvalue weighted by molar-refractivity contribution is 0.112. The molecule has 23 heavy (non-hydrogen) atoms. The molecule has 0 amide bonds. The van der Waals surface area contributed by atoms with Gasteiger partial charge in [-0.15, -0.1) is 0 Å². The van der Waals surface area contributed by atoms with Crippen LogP contribution in [0.5, 0.6) is 0 Å². The zero-order valence-electron chi connectivity index (χ0n) is 13.6. The molecule has 2 aliphatic carbocycles. The molecule has 3 fully saturated rings. The van der Waals surface area contributed by atoms with Crippen LogP contribution in [0.15, 0.2) is 24.3 Å². The summed E-state index contributed by atoms with van der Waals surface area (Å²) in [5.74, 6) is 0.933. The Balaban J connectivity index is 1.71. The van der Waals surface area contributed by atoms with Gasteiger partial charge < -0.3 is 0 Å². The van der Waals surface area contributed by atoms with E-state index in [9.17, 15) is 8.42 Å². The summed E-state index contributed by atoms with van der Waals surface area (Å²) in [7, 11) is -3.23. The molecule has 1 saturated heterocycles. The van der Waals surface area contributed by atoms with E-state index in [-0.39, 0.29) is 16.9 Å². The Labute approximate surface area is 138 Å². The van der Waals surface area contributed by atoms with Crippen LogP contribution in [-0.2, 0) is 16.6 Å². The molecule has 3 aliphatic rings. The van der Waals surface area contributed by atoms with Crippen LogP contribution in [0, 0.1) is 28.1 Å². The number of nitriles is 1. The lowest BCUT2D eigenvalue weighted by Gasteiger charge is -2.37. The number of benzene rings is 1. The van der Waals surface area contributed by atoms with E-state index in [4.69, 9.17) is 5.26 Å². The highest BCUT2D eigenvalue weighted by molar-refractivity contribution is 7.89. The first-order valence-corrected chi connectivity index (χ1v) is 9.90. The highest BCUT2D eigenvalue weighted by atomic mass is 32.2. The van der Waals surface area contributed by atoms with Gasteiger partial charge in [0.15, 0.2) is 0 Å². The van der Waals surface area contributed by atoms with E-state index < -0.39 is 10.0 Å². The van der Waals surface area contributed by atoms with Crippen molar-refractivity contribution in [2.24, 2.45) is 16.7 Å². The van der Waals surface area contributed by atoms with E-state index in [1.165, 1.54) is 0 Å². The molecule has 1 spiro atoms. The summed E-state index contributed by atoms with van der Waals surface area (Å²) in [6.45, 7) is 4.92. The number of nitrogens with zero attached hydrogens (tertiary/aromatic N) is 2. The van der Waals surface area contributed by atoms with Crippen LogP contribution < -0.4 is 0 Å². The second-order valence-electron chi connectivity index (χ2n) is 7.98. The predicted molar refractivity (Wildman–Crippen MR) is 87.8 cm³/mol. The first kappa shape index (κ1) is 15.2. The minimum absolute atomic E-state index is 0.0800. The maximum atomic E-state index is 12.9. The van der Waals surface area contributed by atoms with Crippen LogP contribution >= 0.6 is 0 Å². The third kappa shape index (κ3) is 1.88. The van der Waals surface area contributed by atoms with Gasteiger partial charge in [-0.05, 0) is 48.3 Å². The molecule has 0 N–H and O–H groups in total. The van der Waals surface area contributed by atoms with Crippen LogP contribution in [0.1, 0.15) is 44.2 Å². The number of hydrogen-bond acceptors (Lipinski definition) is 3. The number of fused-ring (bicyclic) bond motifs is 1. The molecule has 0 aromatic heterocycles. The minimum atomic E-state index is -3.23. The van der Waals surface area contributed by atoms with Gasteiger partial charge in [-0.25, -0.2) is 8.42 Å². The molecule has 0 radical (unpaired) electrons. The molecule has 3 atom stereocenters. The van der Waals surface area contributed by atoms with E-state index in [2.05, 4.69) is 19.9 Å². The highest BCUT2D eigenvalue weighted by Gasteiger charge is 2.71. The quantitative estimate of drug-likeness (QED) is 0.837. The summed E-state index contributed by atoms with van der Waals surface area (Å²) in [6.07, 6.45) is 3.18. The van der Waals surface area contributed by atoms with E-state index in [0.717, 1.165) is 24.8 Å². The molecule has 2 saturated carbocycles. The van der Waals surface area contributed by atoms with Crippen molar-refractivity contribution in [1.82, 2.24) is 4.31 Å². The third-order valence-electron chi connectivity index (χ3n) is 6.93. The van der Waals surface area contributed by atoms with Gasteiger partial charge in [0.25, 0.3) is 0 Å². The minimum Gasteiger partial charge on any atom is -0.212 e. The smallest absolute Gasteiger partial charge is 0.212 e. The van der Waals surface area contributed by atoms with Gasteiger partial charge in [-0.3, -0.25) is 0 Å².